The molecular formula is C34H43N3O5. The van der Waals surface area contributed by atoms with E-state index in [9.17, 15) is 24.6 Å². The molecule has 3 aromatic carbocycles. The number of aliphatic hydroxyl groups excluding tert-OH is 1. The lowest BCUT2D eigenvalue weighted by Gasteiger charge is -2.34. The van der Waals surface area contributed by atoms with Gasteiger partial charge in [0.25, 0.3) is 5.91 Å². The van der Waals surface area contributed by atoms with Gasteiger partial charge in [-0.05, 0) is 63.8 Å². The minimum absolute atomic E-state index is 0.0119. The molecule has 3 aromatic rings. The maximum atomic E-state index is 13.4. The second-order valence-corrected chi connectivity index (χ2v) is 11.7. The predicted molar refractivity (Wildman–Crippen MR) is 164 cm³/mol. The molecule has 0 heterocycles. The van der Waals surface area contributed by atoms with Crippen molar-refractivity contribution >= 4 is 17.7 Å². The summed E-state index contributed by atoms with van der Waals surface area (Å²) in [6.45, 7) is 8.85. The number of rotatable bonds is 12. The van der Waals surface area contributed by atoms with Crippen LogP contribution in [0.3, 0.4) is 0 Å². The van der Waals surface area contributed by atoms with Crippen molar-refractivity contribution in [1.82, 2.24) is 15.5 Å². The van der Waals surface area contributed by atoms with Crippen LogP contribution in [0.2, 0.25) is 0 Å². The molecule has 0 radical (unpaired) electrons. The molecular weight excluding hydrogens is 530 g/mol. The van der Waals surface area contributed by atoms with Gasteiger partial charge >= 0.3 is 0 Å². The van der Waals surface area contributed by atoms with Crippen LogP contribution < -0.4 is 10.6 Å². The highest BCUT2D eigenvalue weighted by atomic mass is 16.3. The Bertz CT molecular complexity index is 1340. The second kappa shape index (κ2) is 14.6. The van der Waals surface area contributed by atoms with Crippen LogP contribution in [0.1, 0.15) is 61.2 Å². The number of carbonyl (C=O) groups excluding carboxylic acids is 3. The van der Waals surface area contributed by atoms with Crippen molar-refractivity contribution in [1.29, 1.82) is 0 Å². The maximum absolute atomic E-state index is 13.4. The number of nitrogens with zero attached hydrogens (tertiary/aromatic N) is 1. The van der Waals surface area contributed by atoms with Crippen LogP contribution >= 0.6 is 0 Å². The number of phenolic OH excluding ortho intramolecular Hbond substituents is 1. The zero-order valence-electron chi connectivity index (χ0n) is 25.1. The number of aromatic hydroxyl groups is 1. The van der Waals surface area contributed by atoms with Crippen LogP contribution in [0.4, 0.5) is 0 Å². The normalized spacial score (nSPS) is 13.5. The molecule has 0 fully saturated rings. The molecule has 0 bridgehead atoms. The molecule has 3 atom stereocenters. The molecule has 0 spiro atoms. The number of aliphatic hydroxyl groups is 1. The quantitative estimate of drug-likeness (QED) is 0.259. The summed E-state index contributed by atoms with van der Waals surface area (Å²) in [4.78, 5) is 41.1. The Balaban J connectivity index is 1.84. The summed E-state index contributed by atoms with van der Waals surface area (Å²) in [5, 5.41) is 27.5. The Kier molecular flexibility index (Phi) is 11.3. The lowest BCUT2D eigenvalue weighted by molar-refractivity contribution is -0.140. The highest BCUT2D eigenvalue weighted by Crippen LogP contribution is 2.21. The van der Waals surface area contributed by atoms with Gasteiger partial charge in [0.05, 0.1) is 12.1 Å². The summed E-state index contributed by atoms with van der Waals surface area (Å²) in [5.74, 6) is -0.966. The van der Waals surface area contributed by atoms with E-state index in [2.05, 4.69) is 10.6 Å². The molecule has 224 valence electrons. The Morgan fingerprint density at radius 2 is 1.43 bits per heavy atom. The van der Waals surface area contributed by atoms with Crippen LogP contribution in [0.25, 0.3) is 0 Å². The standard InChI is InChI=1S/C34H43N3O5/c1-23-27(17-12-18-30(23)39)32(41)35-28(21-25-13-8-6-9-14-25)31(40)19-20-37(24(2)38)29(33(42)36-34(3,4)5)22-26-15-10-7-11-16-26/h6-18,28-29,31,39-40H,19-22H2,1-5H3,(H,35,41)(H,36,42). The average molecular weight is 574 g/mol. The SMILES string of the molecule is CC(=O)N(CCC(O)C(Cc1ccccc1)NC(=O)c1cccc(O)c1C)C(Cc1ccccc1)C(=O)NC(C)(C)C. The van der Waals surface area contributed by atoms with Crippen molar-refractivity contribution in [3.05, 3.63) is 101 Å². The summed E-state index contributed by atoms with van der Waals surface area (Å²) in [6, 6.07) is 22.3. The molecule has 0 aromatic heterocycles. The van der Waals surface area contributed by atoms with Crippen molar-refractivity contribution in [2.75, 3.05) is 6.54 Å². The first-order valence-corrected chi connectivity index (χ1v) is 14.3. The van der Waals surface area contributed by atoms with Crippen LogP contribution in [0, 0.1) is 6.92 Å². The molecule has 8 nitrogen and oxygen atoms in total. The number of hydrogen-bond donors (Lipinski definition) is 4. The highest BCUT2D eigenvalue weighted by molar-refractivity contribution is 5.96. The van der Waals surface area contributed by atoms with Crippen molar-refractivity contribution in [3.63, 3.8) is 0 Å². The molecule has 3 unspecified atom stereocenters. The van der Waals surface area contributed by atoms with Crippen LogP contribution in [-0.2, 0) is 22.4 Å². The first-order chi connectivity index (χ1) is 19.9. The van der Waals surface area contributed by atoms with Crippen molar-refractivity contribution in [2.24, 2.45) is 0 Å². The number of nitrogens with one attached hydrogen (secondary N) is 2. The van der Waals surface area contributed by atoms with E-state index in [-0.39, 0.29) is 30.5 Å². The first kappa shape index (κ1) is 32.3. The summed E-state index contributed by atoms with van der Waals surface area (Å²) >= 11 is 0. The number of phenols is 1. The monoisotopic (exact) mass is 573 g/mol. The molecule has 0 saturated carbocycles. The van der Waals surface area contributed by atoms with E-state index in [1.807, 2.05) is 81.4 Å². The molecule has 4 N–H and O–H groups in total. The molecule has 0 aliphatic rings. The third-order valence-electron chi connectivity index (χ3n) is 7.15. The smallest absolute Gasteiger partial charge is 0.252 e. The van der Waals surface area contributed by atoms with Gasteiger partial charge in [0.15, 0.2) is 0 Å². The second-order valence-electron chi connectivity index (χ2n) is 11.7. The molecule has 0 saturated heterocycles. The van der Waals surface area contributed by atoms with Gasteiger partial charge in [0, 0.05) is 36.6 Å². The summed E-state index contributed by atoms with van der Waals surface area (Å²) in [6.07, 6.45) is -0.232. The van der Waals surface area contributed by atoms with E-state index in [0.29, 0.717) is 24.0 Å². The molecule has 0 aliphatic heterocycles. The van der Waals surface area contributed by atoms with Gasteiger partial charge in [-0.2, -0.15) is 0 Å². The van der Waals surface area contributed by atoms with E-state index in [1.54, 1.807) is 19.1 Å². The van der Waals surface area contributed by atoms with Crippen molar-refractivity contribution in [3.8, 4) is 5.75 Å². The third kappa shape index (κ3) is 9.45. The summed E-state index contributed by atoms with van der Waals surface area (Å²) in [5.41, 5.74) is 2.09. The average Bonchev–Trinajstić information content (AvgIpc) is 2.93. The minimum atomic E-state index is -1.03. The minimum Gasteiger partial charge on any atom is -0.508 e. The van der Waals surface area contributed by atoms with Crippen molar-refractivity contribution in [2.45, 2.75) is 77.6 Å². The third-order valence-corrected chi connectivity index (χ3v) is 7.15. The Hall–Kier alpha value is -4.17. The Morgan fingerprint density at radius 1 is 0.857 bits per heavy atom. The molecule has 3 rings (SSSR count). The lowest BCUT2D eigenvalue weighted by Crippen LogP contribution is -2.55. The zero-order chi connectivity index (χ0) is 30.9. The van der Waals surface area contributed by atoms with Gasteiger partial charge in [0.2, 0.25) is 11.8 Å². The van der Waals surface area contributed by atoms with Gasteiger partial charge < -0.3 is 25.7 Å². The fourth-order valence-corrected chi connectivity index (χ4v) is 4.91. The molecule has 0 aliphatic carbocycles. The van der Waals surface area contributed by atoms with Gasteiger partial charge in [-0.25, -0.2) is 0 Å². The lowest BCUT2D eigenvalue weighted by atomic mass is 9.97. The van der Waals surface area contributed by atoms with E-state index in [4.69, 9.17) is 0 Å². The van der Waals surface area contributed by atoms with Gasteiger partial charge in [-0.3, -0.25) is 14.4 Å². The zero-order valence-corrected chi connectivity index (χ0v) is 25.1. The maximum Gasteiger partial charge on any atom is 0.252 e. The number of hydrogen-bond acceptors (Lipinski definition) is 5. The van der Waals surface area contributed by atoms with Gasteiger partial charge in [-0.15, -0.1) is 0 Å². The number of amides is 3. The first-order valence-electron chi connectivity index (χ1n) is 14.3. The van der Waals surface area contributed by atoms with Gasteiger partial charge in [0.1, 0.15) is 11.8 Å². The summed E-state index contributed by atoms with van der Waals surface area (Å²) < 4.78 is 0. The Morgan fingerprint density at radius 3 is 1.98 bits per heavy atom. The van der Waals surface area contributed by atoms with Gasteiger partial charge in [-0.1, -0.05) is 66.7 Å². The van der Waals surface area contributed by atoms with E-state index in [1.165, 1.54) is 17.9 Å². The topological polar surface area (TPSA) is 119 Å². The van der Waals surface area contributed by atoms with E-state index in [0.717, 1.165) is 11.1 Å². The van der Waals surface area contributed by atoms with Crippen LogP contribution in [0.15, 0.2) is 78.9 Å². The number of benzene rings is 3. The molecule has 3 amide bonds. The van der Waals surface area contributed by atoms with Crippen molar-refractivity contribution < 1.29 is 24.6 Å². The Labute approximate surface area is 248 Å². The van der Waals surface area contributed by atoms with E-state index >= 15 is 0 Å². The largest absolute Gasteiger partial charge is 0.508 e. The molecule has 8 heteroatoms. The number of carbonyl (C=O) groups is 3. The van der Waals surface area contributed by atoms with E-state index < -0.39 is 29.6 Å². The van der Waals surface area contributed by atoms with Crippen LogP contribution in [-0.4, -0.2) is 63.1 Å². The molecule has 42 heavy (non-hydrogen) atoms. The highest BCUT2D eigenvalue weighted by Gasteiger charge is 2.32. The van der Waals surface area contributed by atoms with Crippen LogP contribution in [0.5, 0.6) is 5.75 Å². The predicted octanol–water partition coefficient (Wildman–Crippen LogP) is 4.17. The fourth-order valence-electron chi connectivity index (χ4n) is 4.91. The fraction of sp³-hybridized carbons (Fsp3) is 0.382. The summed E-state index contributed by atoms with van der Waals surface area (Å²) in [7, 11) is 0.